The number of para-hydroxylation sites is 1. The maximum absolute atomic E-state index is 13.0. The molecule has 1 aromatic heterocycles. The third-order valence-electron chi connectivity index (χ3n) is 5.32. The van der Waals surface area contributed by atoms with E-state index in [4.69, 9.17) is 0 Å². The molecule has 0 saturated carbocycles. The van der Waals surface area contributed by atoms with Crippen molar-refractivity contribution in [3.05, 3.63) is 71.7 Å². The van der Waals surface area contributed by atoms with E-state index in [-0.39, 0.29) is 24.1 Å². The number of hydrogen-bond donors (Lipinski definition) is 0. The lowest BCUT2D eigenvalue weighted by atomic mass is 10.1. The topological polar surface area (TPSA) is 45.6 Å². The fourth-order valence-electron chi connectivity index (χ4n) is 3.73. The number of carbonyl (C=O) groups is 2. The van der Waals surface area contributed by atoms with Gasteiger partial charge in [0.2, 0.25) is 5.91 Å². The van der Waals surface area contributed by atoms with Gasteiger partial charge in [0.05, 0.1) is 12.0 Å². The molecule has 5 nitrogen and oxygen atoms in total. The summed E-state index contributed by atoms with van der Waals surface area (Å²) in [5.74, 6) is -0.303. The number of benzene rings is 2. The second-order valence-corrected chi connectivity index (χ2v) is 7.15. The summed E-state index contributed by atoms with van der Waals surface area (Å²) in [5.41, 5.74) is 2.52. The van der Waals surface area contributed by atoms with Crippen LogP contribution in [0.3, 0.4) is 0 Å². The maximum atomic E-state index is 13.0. The molecule has 2 heterocycles. The quantitative estimate of drug-likeness (QED) is 0.703. The van der Waals surface area contributed by atoms with Gasteiger partial charge in [-0.15, -0.1) is 0 Å². The molecule has 2 aromatic carbocycles. The number of amides is 2. The highest BCUT2D eigenvalue weighted by molar-refractivity contribution is 6.07. The molecule has 1 aliphatic heterocycles. The molecular weight excluding hydrogens is 357 g/mol. The van der Waals surface area contributed by atoms with E-state index in [1.807, 2.05) is 47.0 Å². The van der Waals surface area contributed by atoms with E-state index in [0.717, 1.165) is 16.5 Å². The molecule has 0 radical (unpaired) electrons. The summed E-state index contributed by atoms with van der Waals surface area (Å²) >= 11 is 0. The predicted molar refractivity (Wildman–Crippen MR) is 106 cm³/mol. The number of carbonyl (C=O) groups excluding carboxylic acids is 2. The van der Waals surface area contributed by atoms with Crippen LogP contribution in [-0.4, -0.2) is 52.4 Å². The van der Waals surface area contributed by atoms with Crippen molar-refractivity contribution in [3.8, 4) is 0 Å². The lowest BCUT2D eigenvalue weighted by molar-refractivity contribution is -0.131. The van der Waals surface area contributed by atoms with Gasteiger partial charge in [-0.3, -0.25) is 9.59 Å². The minimum atomic E-state index is -0.309. The van der Waals surface area contributed by atoms with Gasteiger partial charge >= 0.3 is 0 Å². The molecule has 0 bridgehead atoms. The Morgan fingerprint density at radius 1 is 0.929 bits per heavy atom. The minimum absolute atomic E-state index is 0.00225. The van der Waals surface area contributed by atoms with E-state index < -0.39 is 0 Å². The van der Waals surface area contributed by atoms with Crippen molar-refractivity contribution in [1.82, 2.24) is 14.4 Å². The molecule has 28 heavy (non-hydrogen) atoms. The Kier molecular flexibility index (Phi) is 4.86. The molecule has 1 saturated heterocycles. The minimum Gasteiger partial charge on any atom is -0.350 e. The van der Waals surface area contributed by atoms with Crippen molar-refractivity contribution in [3.63, 3.8) is 0 Å². The Labute approximate surface area is 163 Å². The highest BCUT2D eigenvalue weighted by Gasteiger charge is 2.26. The molecule has 6 heteroatoms. The van der Waals surface area contributed by atoms with E-state index >= 15 is 0 Å². The van der Waals surface area contributed by atoms with Gasteiger partial charge in [0.1, 0.15) is 5.82 Å². The first-order chi connectivity index (χ1) is 13.5. The number of halogens is 1. The molecule has 4 rings (SSSR count). The van der Waals surface area contributed by atoms with Crippen molar-refractivity contribution in [1.29, 1.82) is 0 Å². The molecule has 0 atom stereocenters. The van der Waals surface area contributed by atoms with Crippen LogP contribution in [0.15, 0.2) is 54.7 Å². The molecule has 1 fully saturated rings. The third kappa shape index (κ3) is 3.50. The summed E-state index contributed by atoms with van der Waals surface area (Å²) in [5, 5.41) is 0.949. The Morgan fingerprint density at radius 3 is 2.29 bits per heavy atom. The molecule has 3 aromatic rings. The van der Waals surface area contributed by atoms with E-state index in [1.165, 1.54) is 12.1 Å². The van der Waals surface area contributed by atoms with Crippen molar-refractivity contribution in [2.24, 2.45) is 7.05 Å². The Hall–Kier alpha value is -3.15. The van der Waals surface area contributed by atoms with Gasteiger partial charge in [-0.25, -0.2) is 4.39 Å². The highest BCUT2D eigenvalue weighted by Crippen LogP contribution is 2.22. The average molecular weight is 379 g/mol. The number of nitrogens with zero attached hydrogens (tertiary/aromatic N) is 3. The van der Waals surface area contributed by atoms with Crippen LogP contribution in [0, 0.1) is 5.82 Å². The maximum Gasteiger partial charge on any atom is 0.256 e. The van der Waals surface area contributed by atoms with Crippen molar-refractivity contribution in [2.75, 3.05) is 26.2 Å². The zero-order valence-corrected chi connectivity index (χ0v) is 15.8. The van der Waals surface area contributed by atoms with Gasteiger partial charge in [0.15, 0.2) is 0 Å². The van der Waals surface area contributed by atoms with E-state index in [0.29, 0.717) is 31.7 Å². The van der Waals surface area contributed by atoms with E-state index in [9.17, 15) is 14.0 Å². The smallest absolute Gasteiger partial charge is 0.256 e. The van der Waals surface area contributed by atoms with Gasteiger partial charge in [0, 0.05) is 50.3 Å². The summed E-state index contributed by atoms with van der Waals surface area (Å²) in [6.07, 6.45) is 2.12. The highest BCUT2D eigenvalue weighted by atomic mass is 19.1. The Bertz CT molecular complexity index is 1020. The molecule has 0 aliphatic carbocycles. The van der Waals surface area contributed by atoms with Gasteiger partial charge < -0.3 is 14.4 Å². The van der Waals surface area contributed by atoms with Crippen molar-refractivity contribution < 1.29 is 14.0 Å². The summed E-state index contributed by atoms with van der Waals surface area (Å²) < 4.78 is 15.0. The summed E-state index contributed by atoms with van der Waals surface area (Å²) in [7, 11) is 1.94. The molecule has 1 aliphatic rings. The first-order valence-electron chi connectivity index (χ1n) is 9.38. The molecular formula is C22H22FN3O2. The lowest BCUT2D eigenvalue weighted by Crippen LogP contribution is -2.51. The van der Waals surface area contributed by atoms with Crippen molar-refractivity contribution in [2.45, 2.75) is 6.42 Å². The zero-order valence-electron chi connectivity index (χ0n) is 15.8. The molecule has 0 N–H and O–H groups in total. The average Bonchev–Trinajstić information content (AvgIpc) is 3.06. The van der Waals surface area contributed by atoms with Crippen LogP contribution >= 0.6 is 0 Å². The number of hydrogen-bond acceptors (Lipinski definition) is 2. The van der Waals surface area contributed by atoms with Crippen LogP contribution < -0.4 is 0 Å². The number of rotatable bonds is 3. The predicted octanol–water partition coefficient (Wildman–Crippen LogP) is 2.84. The van der Waals surface area contributed by atoms with Gasteiger partial charge in [-0.2, -0.15) is 0 Å². The van der Waals surface area contributed by atoms with Crippen LogP contribution in [0.4, 0.5) is 4.39 Å². The van der Waals surface area contributed by atoms with Crippen LogP contribution in [-0.2, 0) is 18.3 Å². The second kappa shape index (κ2) is 7.46. The van der Waals surface area contributed by atoms with Gasteiger partial charge in [-0.1, -0.05) is 30.3 Å². The SMILES string of the molecule is Cn1cc(C(=O)N2CCN(C(=O)Cc3ccc(F)cc3)CC2)c2ccccc21. The monoisotopic (exact) mass is 379 g/mol. The normalized spacial score (nSPS) is 14.5. The van der Waals surface area contributed by atoms with Gasteiger partial charge in [-0.05, 0) is 23.8 Å². The van der Waals surface area contributed by atoms with Crippen LogP contribution in [0.2, 0.25) is 0 Å². The van der Waals surface area contributed by atoms with E-state index in [1.54, 1.807) is 17.0 Å². The largest absolute Gasteiger partial charge is 0.350 e. The third-order valence-corrected chi connectivity index (χ3v) is 5.32. The number of aryl methyl sites for hydroxylation is 1. The molecule has 0 unspecified atom stereocenters. The van der Waals surface area contributed by atoms with E-state index in [2.05, 4.69) is 0 Å². The summed E-state index contributed by atoms with van der Waals surface area (Å²) in [6.45, 7) is 2.04. The van der Waals surface area contributed by atoms with Crippen LogP contribution in [0.5, 0.6) is 0 Å². The Balaban J connectivity index is 1.40. The molecule has 144 valence electrons. The van der Waals surface area contributed by atoms with Gasteiger partial charge in [0.25, 0.3) is 5.91 Å². The van der Waals surface area contributed by atoms with Crippen molar-refractivity contribution >= 4 is 22.7 Å². The summed E-state index contributed by atoms with van der Waals surface area (Å²) in [6, 6.07) is 13.9. The first kappa shape index (κ1) is 18.2. The molecule has 0 spiro atoms. The van der Waals surface area contributed by atoms with Crippen LogP contribution in [0.25, 0.3) is 10.9 Å². The fourth-order valence-corrected chi connectivity index (χ4v) is 3.73. The van der Waals surface area contributed by atoms with Crippen LogP contribution in [0.1, 0.15) is 15.9 Å². The zero-order chi connectivity index (χ0) is 19.7. The number of fused-ring (bicyclic) bond motifs is 1. The first-order valence-corrected chi connectivity index (χ1v) is 9.38. The Morgan fingerprint density at radius 2 is 1.57 bits per heavy atom. The fraction of sp³-hybridized carbons (Fsp3) is 0.273. The molecule has 2 amide bonds. The standard InChI is InChI=1S/C22H22FN3O2/c1-24-15-19(18-4-2-3-5-20(18)24)22(28)26-12-10-25(11-13-26)21(27)14-16-6-8-17(23)9-7-16/h2-9,15H,10-14H2,1H3. The second-order valence-electron chi connectivity index (χ2n) is 7.15. The summed E-state index contributed by atoms with van der Waals surface area (Å²) in [4.78, 5) is 29.1. The lowest BCUT2D eigenvalue weighted by Gasteiger charge is -2.34. The number of aromatic nitrogens is 1. The number of piperazine rings is 1.